The van der Waals surface area contributed by atoms with Crippen molar-refractivity contribution in [3.8, 4) is 0 Å². The van der Waals surface area contributed by atoms with Gasteiger partial charge in [0.05, 0.1) is 26.3 Å². The van der Waals surface area contributed by atoms with Gasteiger partial charge in [-0.3, -0.25) is 20.2 Å². The van der Waals surface area contributed by atoms with Gasteiger partial charge in [-0.2, -0.15) is 0 Å². The highest BCUT2D eigenvalue weighted by molar-refractivity contribution is 5.71. The van der Waals surface area contributed by atoms with Crippen LogP contribution >= 0.6 is 0 Å². The van der Waals surface area contributed by atoms with E-state index in [1.807, 2.05) is 0 Å². The van der Waals surface area contributed by atoms with E-state index >= 15 is 0 Å². The number of nitrogens with zero attached hydrogens (tertiary/aromatic N) is 1. The predicted octanol–water partition coefficient (Wildman–Crippen LogP) is 0.450. The van der Waals surface area contributed by atoms with Gasteiger partial charge in [0, 0.05) is 0 Å². The smallest absolute Gasteiger partial charge is 0.433 e. The van der Waals surface area contributed by atoms with Crippen LogP contribution in [0.15, 0.2) is 16.5 Å². The lowest BCUT2D eigenvalue weighted by Crippen LogP contribution is -2.23. The SMILES string of the molecule is COC(=O)CNCc1ccc([N+](=O)[O-])o1. The first-order valence-corrected chi connectivity index (χ1v) is 4.14. The summed E-state index contributed by atoms with van der Waals surface area (Å²) in [7, 11) is 1.28. The van der Waals surface area contributed by atoms with Crippen molar-refractivity contribution in [2.45, 2.75) is 6.54 Å². The highest BCUT2D eigenvalue weighted by atomic mass is 16.6. The molecule has 7 heteroatoms. The third-order valence-corrected chi connectivity index (χ3v) is 1.62. The Morgan fingerprint density at radius 3 is 2.93 bits per heavy atom. The molecule has 0 amide bonds. The molecule has 0 bridgehead atoms. The molecule has 15 heavy (non-hydrogen) atoms. The van der Waals surface area contributed by atoms with E-state index in [1.54, 1.807) is 0 Å². The first-order chi connectivity index (χ1) is 7.13. The van der Waals surface area contributed by atoms with Crippen molar-refractivity contribution in [1.82, 2.24) is 5.32 Å². The summed E-state index contributed by atoms with van der Waals surface area (Å²) in [6.45, 7) is 0.272. The molecule has 7 nitrogen and oxygen atoms in total. The van der Waals surface area contributed by atoms with Gasteiger partial charge in [-0.25, -0.2) is 0 Å². The molecule has 0 saturated carbocycles. The molecule has 1 aromatic heterocycles. The van der Waals surface area contributed by atoms with Crippen LogP contribution in [-0.4, -0.2) is 24.5 Å². The molecule has 0 aromatic carbocycles. The molecular formula is C8H10N2O5. The zero-order chi connectivity index (χ0) is 11.3. The molecule has 0 aliphatic carbocycles. The lowest BCUT2D eigenvalue weighted by molar-refractivity contribution is -0.402. The highest BCUT2D eigenvalue weighted by Gasteiger charge is 2.11. The summed E-state index contributed by atoms with van der Waals surface area (Å²) >= 11 is 0. The number of furan rings is 1. The van der Waals surface area contributed by atoms with Crippen LogP contribution in [0.5, 0.6) is 0 Å². The number of methoxy groups -OCH3 is 1. The Balaban J connectivity index is 2.38. The van der Waals surface area contributed by atoms with Crippen LogP contribution in [0.4, 0.5) is 5.88 Å². The number of carbonyl (C=O) groups excluding carboxylic acids is 1. The number of hydrogen-bond acceptors (Lipinski definition) is 6. The van der Waals surface area contributed by atoms with Gasteiger partial charge in [0.15, 0.2) is 0 Å². The zero-order valence-corrected chi connectivity index (χ0v) is 8.06. The van der Waals surface area contributed by atoms with E-state index in [0.29, 0.717) is 5.76 Å². The Morgan fingerprint density at radius 2 is 2.40 bits per heavy atom. The van der Waals surface area contributed by atoms with Crippen LogP contribution in [0, 0.1) is 10.1 Å². The van der Waals surface area contributed by atoms with Crippen molar-refractivity contribution in [1.29, 1.82) is 0 Å². The second-order valence-electron chi connectivity index (χ2n) is 2.68. The molecule has 1 aromatic rings. The molecule has 1 rings (SSSR count). The van der Waals surface area contributed by atoms with Crippen LogP contribution in [0.1, 0.15) is 5.76 Å². The van der Waals surface area contributed by atoms with Crippen molar-refractivity contribution in [3.63, 3.8) is 0 Å². The number of hydrogen-bond donors (Lipinski definition) is 1. The maximum absolute atomic E-state index is 10.7. The monoisotopic (exact) mass is 214 g/mol. The summed E-state index contributed by atoms with van der Waals surface area (Å²) in [5, 5.41) is 13.0. The van der Waals surface area contributed by atoms with Crippen LogP contribution in [-0.2, 0) is 16.1 Å². The normalized spacial score (nSPS) is 9.93. The van der Waals surface area contributed by atoms with Crippen LogP contribution in [0.25, 0.3) is 0 Å². The third kappa shape index (κ3) is 3.39. The molecule has 1 N–H and O–H groups in total. The average Bonchev–Trinajstić information content (AvgIpc) is 2.66. The van der Waals surface area contributed by atoms with Crippen LogP contribution in [0.2, 0.25) is 0 Å². The van der Waals surface area contributed by atoms with Crippen molar-refractivity contribution >= 4 is 11.9 Å². The minimum absolute atomic E-state index is 0.0327. The Hall–Kier alpha value is -1.89. The van der Waals surface area contributed by atoms with E-state index < -0.39 is 10.9 Å². The Labute approximate surface area is 85.2 Å². The van der Waals surface area contributed by atoms with Gasteiger partial charge in [0.1, 0.15) is 10.7 Å². The number of ether oxygens (including phenoxy) is 1. The first kappa shape index (κ1) is 11.2. The summed E-state index contributed by atoms with van der Waals surface area (Å²) in [6.07, 6.45) is 0. The summed E-state index contributed by atoms with van der Waals surface area (Å²) < 4.78 is 9.24. The minimum atomic E-state index is -0.621. The second-order valence-corrected chi connectivity index (χ2v) is 2.68. The fourth-order valence-electron chi connectivity index (χ4n) is 0.920. The highest BCUT2D eigenvalue weighted by Crippen LogP contribution is 2.14. The molecule has 0 radical (unpaired) electrons. The van der Waals surface area contributed by atoms with E-state index in [4.69, 9.17) is 4.42 Å². The van der Waals surface area contributed by atoms with Crippen molar-refractivity contribution in [2.24, 2.45) is 0 Å². The fraction of sp³-hybridized carbons (Fsp3) is 0.375. The fourth-order valence-corrected chi connectivity index (χ4v) is 0.920. The Kier molecular flexibility index (Phi) is 3.81. The quantitative estimate of drug-likeness (QED) is 0.434. The summed E-state index contributed by atoms with van der Waals surface area (Å²) in [5.74, 6) is -0.327. The van der Waals surface area contributed by atoms with E-state index in [-0.39, 0.29) is 19.0 Å². The standard InChI is InChI=1S/C8H10N2O5/c1-14-8(11)5-9-4-6-2-3-7(15-6)10(12)13/h2-3,9H,4-5H2,1H3. The van der Waals surface area contributed by atoms with Crippen molar-refractivity contribution in [2.75, 3.05) is 13.7 Å². The van der Waals surface area contributed by atoms with E-state index in [0.717, 1.165) is 0 Å². The summed E-state index contributed by atoms with van der Waals surface area (Å²) in [5.41, 5.74) is 0. The molecule has 0 saturated heterocycles. The molecule has 0 fully saturated rings. The second kappa shape index (κ2) is 5.11. The number of nitro groups is 1. The molecule has 0 atom stereocenters. The van der Waals surface area contributed by atoms with Gasteiger partial charge in [-0.1, -0.05) is 0 Å². The van der Waals surface area contributed by atoms with E-state index in [9.17, 15) is 14.9 Å². The molecule has 82 valence electrons. The summed E-state index contributed by atoms with van der Waals surface area (Å²) in [4.78, 5) is 20.3. The maximum Gasteiger partial charge on any atom is 0.433 e. The van der Waals surface area contributed by atoms with Crippen LogP contribution in [0.3, 0.4) is 0 Å². The van der Waals surface area contributed by atoms with Gasteiger partial charge in [0.2, 0.25) is 0 Å². The molecule has 0 unspecified atom stereocenters. The number of rotatable bonds is 5. The Bertz CT molecular complexity index is 360. The minimum Gasteiger partial charge on any atom is -0.468 e. The molecular weight excluding hydrogens is 204 g/mol. The zero-order valence-electron chi connectivity index (χ0n) is 8.06. The lowest BCUT2D eigenvalue weighted by atomic mass is 10.4. The number of carbonyl (C=O) groups is 1. The van der Waals surface area contributed by atoms with Crippen molar-refractivity contribution < 1.29 is 18.9 Å². The Morgan fingerprint density at radius 1 is 1.67 bits per heavy atom. The predicted molar refractivity (Wildman–Crippen MR) is 49.1 cm³/mol. The molecule has 0 aliphatic rings. The van der Waals surface area contributed by atoms with E-state index in [2.05, 4.69) is 10.1 Å². The van der Waals surface area contributed by atoms with Gasteiger partial charge >= 0.3 is 11.9 Å². The lowest BCUT2D eigenvalue weighted by Gasteiger charge is -1.99. The number of esters is 1. The largest absolute Gasteiger partial charge is 0.468 e. The van der Waals surface area contributed by atoms with Gasteiger partial charge in [-0.15, -0.1) is 0 Å². The van der Waals surface area contributed by atoms with Gasteiger partial charge < -0.3 is 9.15 Å². The van der Waals surface area contributed by atoms with E-state index in [1.165, 1.54) is 19.2 Å². The topological polar surface area (TPSA) is 94.6 Å². The average molecular weight is 214 g/mol. The third-order valence-electron chi connectivity index (χ3n) is 1.62. The first-order valence-electron chi connectivity index (χ1n) is 4.14. The summed E-state index contributed by atoms with van der Waals surface area (Å²) in [6, 6.07) is 2.73. The molecule has 0 aliphatic heterocycles. The molecule has 0 spiro atoms. The van der Waals surface area contributed by atoms with Gasteiger partial charge in [0.25, 0.3) is 0 Å². The van der Waals surface area contributed by atoms with Gasteiger partial charge in [-0.05, 0) is 6.07 Å². The maximum atomic E-state index is 10.7. The van der Waals surface area contributed by atoms with Crippen LogP contribution < -0.4 is 5.32 Å². The molecule has 1 heterocycles. The van der Waals surface area contributed by atoms with Crippen molar-refractivity contribution in [3.05, 3.63) is 28.0 Å². The number of nitrogens with one attached hydrogen (secondary N) is 1.